The third kappa shape index (κ3) is 4.14. The molecule has 0 bridgehead atoms. The number of benzene rings is 1. The number of phenols is 1. The fraction of sp³-hybridized carbons (Fsp3) is 0.444. The molecule has 0 spiro atoms. The molecular weight excluding hydrogens is 496 g/mol. The van der Waals surface area contributed by atoms with Crippen molar-refractivity contribution in [1.82, 2.24) is 19.7 Å². The predicted octanol–water partition coefficient (Wildman–Crippen LogP) is 2.49. The molecule has 38 heavy (non-hydrogen) atoms. The standard InChI is InChI=1S/C27H31F2N5O4/c1-5-20(36)32-11-12-34-16(13-32)14-38-25-22(27(34)37)26(33-10-9-18(15(33)2)31(3)4)30-24(23(25)29)21-17(28)7-6-8-19(21)35/h5-8,15-16,18,35H,1,9-14H2,2-4H3/t15-,16?,18?/m0/s1. The number of aromatic nitrogens is 1. The van der Waals surface area contributed by atoms with Crippen molar-refractivity contribution in [3.8, 4) is 22.8 Å². The molecule has 11 heteroatoms. The van der Waals surface area contributed by atoms with Gasteiger partial charge in [-0.2, -0.15) is 0 Å². The van der Waals surface area contributed by atoms with Gasteiger partial charge in [-0.3, -0.25) is 9.59 Å². The van der Waals surface area contributed by atoms with E-state index in [9.17, 15) is 19.1 Å². The van der Waals surface area contributed by atoms with Crippen molar-refractivity contribution in [3.63, 3.8) is 0 Å². The number of nitrogens with zero attached hydrogens (tertiary/aromatic N) is 5. The molecule has 202 valence electrons. The highest BCUT2D eigenvalue weighted by molar-refractivity contribution is 6.03. The number of phenolic OH excluding ortho intramolecular Hbond substituents is 1. The third-order valence-corrected chi connectivity index (χ3v) is 7.82. The lowest BCUT2D eigenvalue weighted by Gasteiger charge is -2.39. The molecule has 2 amide bonds. The fourth-order valence-corrected chi connectivity index (χ4v) is 5.81. The number of aromatic hydroxyl groups is 1. The summed E-state index contributed by atoms with van der Waals surface area (Å²) in [6.07, 6.45) is 2.00. The Morgan fingerprint density at radius 3 is 2.63 bits per heavy atom. The van der Waals surface area contributed by atoms with Crippen molar-refractivity contribution in [2.45, 2.75) is 31.5 Å². The zero-order chi connectivity index (χ0) is 27.3. The molecule has 3 aliphatic heterocycles. The van der Waals surface area contributed by atoms with E-state index < -0.39 is 40.6 Å². The average molecular weight is 528 g/mol. The summed E-state index contributed by atoms with van der Waals surface area (Å²) in [6, 6.07) is 3.21. The first kappa shape index (κ1) is 25.9. The lowest BCUT2D eigenvalue weighted by molar-refractivity contribution is -0.128. The van der Waals surface area contributed by atoms with E-state index in [0.717, 1.165) is 12.5 Å². The minimum Gasteiger partial charge on any atom is -0.507 e. The quantitative estimate of drug-likeness (QED) is 0.612. The molecule has 4 heterocycles. The summed E-state index contributed by atoms with van der Waals surface area (Å²) in [5, 5.41) is 10.4. The van der Waals surface area contributed by atoms with Crippen molar-refractivity contribution in [2.75, 3.05) is 51.8 Å². The van der Waals surface area contributed by atoms with Gasteiger partial charge >= 0.3 is 0 Å². The number of halogens is 2. The van der Waals surface area contributed by atoms with Gasteiger partial charge in [-0.1, -0.05) is 12.6 Å². The maximum atomic E-state index is 16.1. The van der Waals surface area contributed by atoms with Crippen LogP contribution in [0.4, 0.5) is 14.6 Å². The van der Waals surface area contributed by atoms with Gasteiger partial charge in [0.15, 0.2) is 11.6 Å². The number of fused-ring (bicyclic) bond motifs is 2. The van der Waals surface area contributed by atoms with E-state index in [2.05, 4.69) is 16.5 Å². The molecule has 1 aromatic carbocycles. The summed E-state index contributed by atoms with van der Waals surface area (Å²) < 4.78 is 37.0. The zero-order valence-electron chi connectivity index (χ0n) is 21.7. The van der Waals surface area contributed by atoms with Crippen LogP contribution in [0.25, 0.3) is 11.3 Å². The van der Waals surface area contributed by atoms with Gasteiger partial charge in [0.05, 0.1) is 11.6 Å². The molecule has 1 aromatic heterocycles. The van der Waals surface area contributed by atoms with Crippen molar-refractivity contribution < 1.29 is 28.2 Å². The Balaban J connectivity index is 1.67. The molecule has 1 N–H and O–H groups in total. The van der Waals surface area contributed by atoms with E-state index in [4.69, 9.17) is 4.74 Å². The van der Waals surface area contributed by atoms with E-state index >= 15 is 4.39 Å². The second-order valence-corrected chi connectivity index (χ2v) is 10.1. The lowest BCUT2D eigenvalue weighted by atomic mass is 10.0. The van der Waals surface area contributed by atoms with Crippen molar-refractivity contribution in [2.24, 2.45) is 0 Å². The highest BCUT2D eigenvalue weighted by Crippen LogP contribution is 2.43. The molecule has 2 fully saturated rings. The largest absolute Gasteiger partial charge is 0.507 e. The van der Waals surface area contributed by atoms with Crippen LogP contribution in [-0.2, 0) is 4.79 Å². The first-order valence-corrected chi connectivity index (χ1v) is 12.6. The monoisotopic (exact) mass is 527 g/mol. The molecule has 2 aromatic rings. The third-order valence-electron chi connectivity index (χ3n) is 7.82. The number of anilines is 1. The fourth-order valence-electron chi connectivity index (χ4n) is 5.81. The molecule has 0 saturated carbocycles. The van der Waals surface area contributed by atoms with E-state index in [-0.39, 0.29) is 54.8 Å². The number of amides is 2. The Morgan fingerprint density at radius 1 is 1.21 bits per heavy atom. The number of hydrogen-bond donors (Lipinski definition) is 1. The van der Waals surface area contributed by atoms with E-state index in [1.807, 2.05) is 25.9 Å². The smallest absolute Gasteiger partial charge is 0.262 e. The van der Waals surface area contributed by atoms with E-state index in [0.29, 0.717) is 13.1 Å². The van der Waals surface area contributed by atoms with E-state index in [1.54, 1.807) is 9.80 Å². The summed E-state index contributed by atoms with van der Waals surface area (Å²) in [6.45, 7) is 6.74. The van der Waals surface area contributed by atoms with Crippen molar-refractivity contribution in [3.05, 3.63) is 48.1 Å². The predicted molar refractivity (Wildman–Crippen MR) is 137 cm³/mol. The van der Waals surface area contributed by atoms with Gasteiger partial charge in [-0.15, -0.1) is 0 Å². The van der Waals surface area contributed by atoms with Gasteiger partial charge in [0.1, 0.15) is 35.2 Å². The van der Waals surface area contributed by atoms with Crippen LogP contribution < -0.4 is 9.64 Å². The number of carbonyl (C=O) groups is 2. The number of pyridine rings is 1. The molecule has 5 rings (SSSR count). The van der Waals surface area contributed by atoms with Gasteiger partial charge in [0, 0.05) is 38.3 Å². The maximum Gasteiger partial charge on any atom is 0.262 e. The first-order valence-electron chi connectivity index (χ1n) is 12.6. The second kappa shape index (κ2) is 9.86. The number of carbonyl (C=O) groups excluding carboxylic acids is 2. The Morgan fingerprint density at radius 2 is 1.97 bits per heavy atom. The minimum atomic E-state index is -1.02. The van der Waals surface area contributed by atoms with Crippen LogP contribution in [0.5, 0.6) is 11.5 Å². The summed E-state index contributed by atoms with van der Waals surface area (Å²) in [7, 11) is 3.93. The van der Waals surface area contributed by atoms with Gasteiger partial charge in [0.2, 0.25) is 5.91 Å². The molecule has 2 saturated heterocycles. The average Bonchev–Trinajstić information content (AvgIpc) is 3.21. The number of piperazine rings is 1. The Kier molecular flexibility index (Phi) is 6.72. The summed E-state index contributed by atoms with van der Waals surface area (Å²) in [5.41, 5.74) is -0.851. The van der Waals surface area contributed by atoms with Crippen LogP contribution in [0.1, 0.15) is 23.7 Å². The number of hydrogen-bond acceptors (Lipinski definition) is 7. The second-order valence-electron chi connectivity index (χ2n) is 10.1. The van der Waals surface area contributed by atoms with Crippen LogP contribution in [0.15, 0.2) is 30.9 Å². The van der Waals surface area contributed by atoms with Crippen LogP contribution >= 0.6 is 0 Å². The van der Waals surface area contributed by atoms with Gasteiger partial charge in [-0.05, 0) is 45.6 Å². The topological polar surface area (TPSA) is 89.5 Å². The molecule has 2 unspecified atom stereocenters. The Labute approximate surface area is 219 Å². The molecule has 9 nitrogen and oxygen atoms in total. The van der Waals surface area contributed by atoms with E-state index in [1.165, 1.54) is 18.2 Å². The van der Waals surface area contributed by atoms with Gasteiger partial charge < -0.3 is 29.4 Å². The summed E-state index contributed by atoms with van der Waals surface area (Å²) >= 11 is 0. The minimum absolute atomic E-state index is 0.0284. The molecule has 0 aliphatic carbocycles. The summed E-state index contributed by atoms with van der Waals surface area (Å²) in [4.78, 5) is 37.9. The van der Waals surface area contributed by atoms with Crippen LogP contribution in [0, 0.1) is 11.6 Å². The first-order chi connectivity index (χ1) is 18.1. The highest BCUT2D eigenvalue weighted by Gasteiger charge is 2.43. The number of rotatable bonds is 4. The molecule has 3 aliphatic rings. The maximum absolute atomic E-state index is 16.1. The normalized spacial score (nSPS) is 23.2. The van der Waals surface area contributed by atoms with Crippen molar-refractivity contribution >= 4 is 17.6 Å². The van der Waals surface area contributed by atoms with Crippen molar-refractivity contribution in [1.29, 1.82) is 0 Å². The number of ether oxygens (including phenoxy) is 1. The SMILES string of the molecule is C=CC(=O)N1CCN2C(=O)c3c(N4CCC(N(C)C)[C@@H]4C)nc(-c4c(O)cccc4F)c(F)c3OCC2C1. The van der Waals surface area contributed by atoms with Crippen LogP contribution in [-0.4, -0.2) is 102 Å². The van der Waals surface area contributed by atoms with Gasteiger partial charge in [-0.25, -0.2) is 13.8 Å². The van der Waals surface area contributed by atoms with Crippen LogP contribution in [0.3, 0.4) is 0 Å². The van der Waals surface area contributed by atoms with Crippen LogP contribution in [0.2, 0.25) is 0 Å². The summed E-state index contributed by atoms with van der Waals surface area (Å²) in [5.74, 6) is -3.20. The molecule has 0 radical (unpaired) electrons. The Bertz CT molecular complexity index is 1280. The Hall–Kier alpha value is -3.73. The molecule has 3 atom stereocenters. The zero-order valence-corrected chi connectivity index (χ0v) is 21.7. The molecular formula is C27H31F2N5O4. The highest BCUT2D eigenvalue weighted by atomic mass is 19.1. The number of likely N-dealkylation sites (N-methyl/N-ethyl adjacent to an activating group) is 1. The lowest BCUT2D eigenvalue weighted by Crippen LogP contribution is -2.57. The van der Waals surface area contributed by atoms with Gasteiger partial charge in [0.25, 0.3) is 5.91 Å².